The van der Waals surface area contributed by atoms with Crippen LogP contribution in [0.2, 0.25) is 0 Å². The minimum atomic E-state index is -0.555. The number of nitrogens with zero attached hydrogens (tertiary/aromatic N) is 1. The van der Waals surface area contributed by atoms with Gasteiger partial charge in [0.2, 0.25) is 5.88 Å². The van der Waals surface area contributed by atoms with Gasteiger partial charge in [0.1, 0.15) is 11.3 Å². The average Bonchev–Trinajstić information content (AvgIpc) is 2.39. The third-order valence-electron chi connectivity index (χ3n) is 2.27. The molecule has 2 rings (SSSR count). The lowest BCUT2D eigenvalue weighted by molar-refractivity contribution is 0.0997. The number of thioether (sulfide) groups is 1. The van der Waals surface area contributed by atoms with E-state index >= 15 is 0 Å². The Morgan fingerprint density at radius 3 is 2.56 bits per heavy atom. The van der Waals surface area contributed by atoms with Crippen LogP contribution in [-0.2, 0) is 0 Å². The second-order valence-corrected chi connectivity index (χ2v) is 4.31. The molecule has 5 heteroatoms. The van der Waals surface area contributed by atoms with Crippen molar-refractivity contribution in [2.45, 2.75) is 5.03 Å². The maximum Gasteiger partial charge on any atom is 0.254 e. The summed E-state index contributed by atoms with van der Waals surface area (Å²) in [5, 5.41) is 0.769. The van der Waals surface area contributed by atoms with Crippen molar-refractivity contribution in [2.24, 2.45) is 5.73 Å². The number of carbonyl (C=O) groups is 1. The van der Waals surface area contributed by atoms with Gasteiger partial charge in [0.15, 0.2) is 0 Å². The zero-order valence-electron chi connectivity index (χ0n) is 9.79. The third kappa shape index (κ3) is 2.81. The number of benzene rings is 1. The lowest BCUT2D eigenvalue weighted by Crippen LogP contribution is -2.13. The largest absolute Gasteiger partial charge is 0.438 e. The standard InChI is InChI=1S/C13H12N2O2S/c1-18-11-8-7-10(12(14)16)13(15-11)17-9-5-3-2-4-6-9/h2-8H,1H3,(H2,14,16). The lowest BCUT2D eigenvalue weighted by Gasteiger charge is -2.09. The molecule has 92 valence electrons. The van der Waals surface area contributed by atoms with Crippen molar-refractivity contribution in [2.75, 3.05) is 6.26 Å². The van der Waals surface area contributed by atoms with E-state index in [-0.39, 0.29) is 11.4 Å². The molecule has 0 aliphatic carbocycles. The van der Waals surface area contributed by atoms with Gasteiger partial charge < -0.3 is 10.5 Å². The molecule has 0 fully saturated rings. The second-order valence-electron chi connectivity index (χ2n) is 3.49. The van der Waals surface area contributed by atoms with E-state index in [1.54, 1.807) is 24.3 Å². The minimum Gasteiger partial charge on any atom is -0.438 e. The van der Waals surface area contributed by atoms with Gasteiger partial charge in [-0.3, -0.25) is 4.79 Å². The molecule has 1 aromatic carbocycles. The summed E-state index contributed by atoms with van der Waals surface area (Å²) >= 11 is 1.47. The molecule has 18 heavy (non-hydrogen) atoms. The van der Waals surface area contributed by atoms with E-state index in [2.05, 4.69) is 4.98 Å². The Kier molecular flexibility index (Phi) is 3.84. The van der Waals surface area contributed by atoms with Crippen LogP contribution in [0.5, 0.6) is 11.6 Å². The minimum absolute atomic E-state index is 0.237. The van der Waals surface area contributed by atoms with Crippen molar-refractivity contribution in [1.29, 1.82) is 0 Å². The van der Waals surface area contributed by atoms with Gasteiger partial charge >= 0.3 is 0 Å². The maximum absolute atomic E-state index is 11.3. The molecule has 2 aromatic rings. The highest BCUT2D eigenvalue weighted by Gasteiger charge is 2.12. The number of amides is 1. The first-order valence-electron chi connectivity index (χ1n) is 5.28. The molecule has 0 atom stereocenters. The van der Waals surface area contributed by atoms with Gasteiger partial charge in [-0.05, 0) is 30.5 Å². The number of hydrogen-bond donors (Lipinski definition) is 1. The zero-order chi connectivity index (χ0) is 13.0. The second kappa shape index (κ2) is 5.55. The number of aromatic nitrogens is 1. The van der Waals surface area contributed by atoms with E-state index in [1.807, 2.05) is 24.5 Å². The maximum atomic E-state index is 11.3. The molecule has 0 unspecified atom stereocenters. The monoisotopic (exact) mass is 260 g/mol. The Balaban J connectivity index is 2.38. The summed E-state index contributed by atoms with van der Waals surface area (Å²) in [4.78, 5) is 15.6. The summed E-state index contributed by atoms with van der Waals surface area (Å²) in [6, 6.07) is 12.5. The topological polar surface area (TPSA) is 65.2 Å². The number of pyridine rings is 1. The van der Waals surface area contributed by atoms with Crippen LogP contribution >= 0.6 is 11.8 Å². The molecular formula is C13H12N2O2S. The van der Waals surface area contributed by atoms with Crippen LogP contribution in [-0.4, -0.2) is 17.1 Å². The third-order valence-corrected chi connectivity index (χ3v) is 2.91. The lowest BCUT2D eigenvalue weighted by atomic mass is 10.2. The van der Waals surface area contributed by atoms with E-state index in [9.17, 15) is 4.79 Å². The van der Waals surface area contributed by atoms with Crippen molar-refractivity contribution < 1.29 is 9.53 Å². The molecule has 1 heterocycles. The fraction of sp³-hybridized carbons (Fsp3) is 0.0769. The molecule has 1 aromatic heterocycles. The fourth-order valence-corrected chi connectivity index (χ4v) is 1.78. The first kappa shape index (κ1) is 12.4. The summed E-state index contributed by atoms with van der Waals surface area (Å²) in [6.07, 6.45) is 1.90. The number of para-hydroxylation sites is 1. The Bertz CT molecular complexity index is 558. The summed E-state index contributed by atoms with van der Waals surface area (Å²) < 4.78 is 5.59. The fourth-order valence-electron chi connectivity index (χ4n) is 1.40. The van der Waals surface area contributed by atoms with E-state index < -0.39 is 5.91 Å². The summed E-state index contributed by atoms with van der Waals surface area (Å²) in [5.41, 5.74) is 5.57. The van der Waals surface area contributed by atoms with Crippen molar-refractivity contribution >= 4 is 17.7 Å². The smallest absolute Gasteiger partial charge is 0.254 e. The molecule has 0 aliphatic rings. The predicted octanol–water partition coefficient (Wildman–Crippen LogP) is 2.69. The van der Waals surface area contributed by atoms with Crippen LogP contribution < -0.4 is 10.5 Å². The van der Waals surface area contributed by atoms with Gasteiger partial charge in [0.05, 0.1) is 5.03 Å². The van der Waals surface area contributed by atoms with Crippen LogP contribution in [0, 0.1) is 0 Å². The molecule has 1 amide bonds. The van der Waals surface area contributed by atoms with Crippen LogP contribution in [0.3, 0.4) is 0 Å². The van der Waals surface area contributed by atoms with Crippen LogP contribution in [0.1, 0.15) is 10.4 Å². The predicted molar refractivity (Wildman–Crippen MR) is 71.1 cm³/mol. The molecule has 0 aliphatic heterocycles. The highest BCUT2D eigenvalue weighted by atomic mass is 32.2. The van der Waals surface area contributed by atoms with E-state index in [4.69, 9.17) is 10.5 Å². The molecule has 2 N–H and O–H groups in total. The van der Waals surface area contributed by atoms with E-state index in [0.29, 0.717) is 5.75 Å². The number of nitrogens with two attached hydrogens (primary N) is 1. The Hall–Kier alpha value is -2.01. The number of hydrogen-bond acceptors (Lipinski definition) is 4. The van der Waals surface area contributed by atoms with Crippen molar-refractivity contribution in [3.63, 3.8) is 0 Å². The highest BCUT2D eigenvalue weighted by Crippen LogP contribution is 2.25. The Morgan fingerprint density at radius 2 is 1.94 bits per heavy atom. The van der Waals surface area contributed by atoms with Gasteiger partial charge in [0, 0.05) is 0 Å². The molecule has 0 radical (unpaired) electrons. The van der Waals surface area contributed by atoms with Crippen molar-refractivity contribution in [3.8, 4) is 11.6 Å². The van der Waals surface area contributed by atoms with E-state index in [1.165, 1.54) is 11.8 Å². The molecule has 0 saturated carbocycles. The summed E-state index contributed by atoms with van der Waals surface area (Å²) in [6.45, 7) is 0. The first-order valence-corrected chi connectivity index (χ1v) is 6.51. The van der Waals surface area contributed by atoms with Gasteiger partial charge in [-0.25, -0.2) is 4.98 Å². The molecule has 0 spiro atoms. The van der Waals surface area contributed by atoms with Crippen LogP contribution in [0.4, 0.5) is 0 Å². The van der Waals surface area contributed by atoms with Gasteiger partial charge in [-0.2, -0.15) is 0 Å². The first-order chi connectivity index (χ1) is 8.70. The SMILES string of the molecule is CSc1ccc(C(N)=O)c(Oc2ccccc2)n1. The number of rotatable bonds is 4. The normalized spacial score (nSPS) is 10.1. The molecule has 0 saturated heterocycles. The van der Waals surface area contributed by atoms with Gasteiger partial charge in [-0.1, -0.05) is 18.2 Å². The van der Waals surface area contributed by atoms with Crippen molar-refractivity contribution in [3.05, 3.63) is 48.0 Å². The van der Waals surface area contributed by atoms with Crippen LogP contribution in [0.25, 0.3) is 0 Å². The van der Waals surface area contributed by atoms with Gasteiger partial charge in [-0.15, -0.1) is 11.8 Å². The van der Waals surface area contributed by atoms with Crippen LogP contribution in [0.15, 0.2) is 47.5 Å². The molecule has 0 bridgehead atoms. The Labute approximate surface area is 109 Å². The number of ether oxygens (including phenoxy) is 1. The van der Waals surface area contributed by atoms with Crippen molar-refractivity contribution in [1.82, 2.24) is 4.98 Å². The number of primary amides is 1. The highest BCUT2D eigenvalue weighted by molar-refractivity contribution is 7.98. The number of carbonyl (C=O) groups excluding carboxylic acids is 1. The quantitative estimate of drug-likeness (QED) is 0.858. The van der Waals surface area contributed by atoms with E-state index in [0.717, 1.165) is 5.03 Å². The summed E-state index contributed by atoms with van der Waals surface area (Å²) in [7, 11) is 0. The van der Waals surface area contributed by atoms with Gasteiger partial charge in [0.25, 0.3) is 5.91 Å². The Morgan fingerprint density at radius 1 is 1.22 bits per heavy atom. The molecule has 4 nitrogen and oxygen atoms in total. The zero-order valence-corrected chi connectivity index (χ0v) is 10.6. The molecular weight excluding hydrogens is 248 g/mol. The summed E-state index contributed by atoms with van der Waals surface area (Å²) in [5.74, 6) is 0.299. The average molecular weight is 260 g/mol.